The Morgan fingerprint density at radius 1 is 1.03 bits per heavy atom. The van der Waals surface area contributed by atoms with Gasteiger partial charge in [-0.15, -0.1) is 0 Å². The van der Waals surface area contributed by atoms with Gasteiger partial charge in [0, 0.05) is 11.3 Å². The lowest BCUT2D eigenvalue weighted by atomic mass is 9.45. The predicted octanol–water partition coefficient (Wildman–Crippen LogP) is 3.65. The number of hydrogen-bond acceptors (Lipinski definition) is 7. The first kappa shape index (κ1) is 27.7. The number of ether oxygens (including phenoxy) is 2. The van der Waals surface area contributed by atoms with Crippen molar-refractivity contribution in [1.29, 1.82) is 0 Å². The third kappa shape index (κ3) is 4.10. The highest BCUT2D eigenvalue weighted by Gasteiger charge is 2.69. The fourth-order valence-electron chi connectivity index (χ4n) is 9.28. The minimum atomic E-state index is -1.43. The standard InChI is InChI=1S/C30H48O7/c1-25(2,33)11-10-24(32)29(7,34)23-9-13-30(35)18-14-20(31)19-15-21-22(37-26(3,4)36-21)16-27(19,5)17(18)8-12-28(23,30)6/h14,17,19,21-24,32-35H,8-13,15-16H2,1-7H3. The summed E-state index contributed by atoms with van der Waals surface area (Å²) >= 11 is 0. The normalized spacial score (nSPS) is 47.3. The summed E-state index contributed by atoms with van der Waals surface area (Å²) in [5.74, 6) is -1.02. The zero-order valence-electron chi connectivity index (χ0n) is 23.7. The van der Waals surface area contributed by atoms with E-state index in [4.69, 9.17) is 9.47 Å². The lowest BCUT2D eigenvalue weighted by Crippen LogP contribution is -2.62. The molecule has 7 heteroatoms. The molecule has 5 rings (SSSR count). The molecule has 3 saturated carbocycles. The number of aliphatic hydroxyl groups is 4. The number of hydrogen-bond donors (Lipinski definition) is 4. The zero-order chi connectivity index (χ0) is 27.4. The first-order valence-electron chi connectivity index (χ1n) is 14.3. The molecule has 0 radical (unpaired) electrons. The van der Waals surface area contributed by atoms with Crippen molar-refractivity contribution in [1.82, 2.24) is 0 Å². The van der Waals surface area contributed by atoms with Gasteiger partial charge in [-0.05, 0) is 115 Å². The van der Waals surface area contributed by atoms with E-state index in [1.165, 1.54) is 0 Å². The van der Waals surface area contributed by atoms with E-state index in [1.807, 2.05) is 20.8 Å². The Kier molecular flexibility index (Phi) is 6.25. The quantitative estimate of drug-likeness (QED) is 0.437. The first-order chi connectivity index (χ1) is 16.8. The summed E-state index contributed by atoms with van der Waals surface area (Å²) in [6, 6.07) is 0. The summed E-state index contributed by atoms with van der Waals surface area (Å²) in [7, 11) is 0. The van der Waals surface area contributed by atoms with E-state index in [9.17, 15) is 25.2 Å². The molecular weight excluding hydrogens is 472 g/mol. The van der Waals surface area contributed by atoms with Crippen LogP contribution in [0.5, 0.6) is 0 Å². The van der Waals surface area contributed by atoms with Crippen LogP contribution < -0.4 is 0 Å². The fraction of sp³-hybridized carbons (Fsp3) is 0.900. The van der Waals surface area contributed by atoms with Crippen molar-refractivity contribution < 1.29 is 34.7 Å². The lowest BCUT2D eigenvalue weighted by Gasteiger charge is -2.60. The van der Waals surface area contributed by atoms with Gasteiger partial charge >= 0.3 is 0 Å². The van der Waals surface area contributed by atoms with E-state index < -0.39 is 34.1 Å². The third-order valence-corrected chi connectivity index (χ3v) is 11.4. The summed E-state index contributed by atoms with van der Waals surface area (Å²) in [4.78, 5) is 13.6. The predicted molar refractivity (Wildman–Crippen MR) is 138 cm³/mol. The molecule has 0 aromatic heterocycles. The Morgan fingerprint density at radius 2 is 1.68 bits per heavy atom. The number of fused-ring (bicyclic) bond motifs is 6. The highest BCUT2D eigenvalue weighted by atomic mass is 16.7. The van der Waals surface area contributed by atoms with Crippen molar-refractivity contribution in [2.45, 2.75) is 141 Å². The molecule has 0 bridgehead atoms. The van der Waals surface area contributed by atoms with Gasteiger partial charge in [-0.25, -0.2) is 0 Å². The molecule has 4 fully saturated rings. The highest BCUT2D eigenvalue weighted by Crippen LogP contribution is 2.69. The molecule has 10 unspecified atom stereocenters. The number of rotatable bonds is 5. The van der Waals surface area contributed by atoms with Gasteiger partial charge in [0.25, 0.3) is 0 Å². The molecule has 0 amide bonds. The molecule has 210 valence electrons. The topological polar surface area (TPSA) is 116 Å². The molecular formula is C30H48O7. The molecule has 1 saturated heterocycles. The molecule has 0 aromatic rings. The molecule has 1 heterocycles. The van der Waals surface area contributed by atoms with E-state index in [2.05, 4.69) is 6.92 Å². The van der Waals surface area contributed by atoms with Crippen molar-refractivity contribution in [3.8, 4) is 0 Å². The van der Waals surface area contributed by atoms with Gasteiger partial charge in [0.1, 0.15) is 0 Å². The maximum atomic E-state index is 13.6. The molecule has 10 atom stereocenters. The van der Waals surface area contributed by atoms with E-state index in [0.29, 0.717) is 32.1 Å². The Labute approximate surface area is 221 Å². The third-order valence-electron chi connectivity index (χ3n) is 11.4. The van der Waals surface area contributed by atoms with Crippen LogP contribution in [0.4, 0.5) is 0 Å². The Balaban J connectivity index is 1.44. The summed E-state index contributed by atoms with van der Waals surface area (Å²) in [6.07, 6.45) is 5.11. The van der Waals surface area contributed by atoms with Crippen molar-refractivity contribution in [2.24, 2.45) is 28.6 Å². The minimum absolute atomic E-state index is 0.0605. The van der Waals surface area contributed by atoms with Gasteiger partial charge in [-0.1, -0.05) is 13.8 Å². The second kappa shape index (κ2) is 8.34. The van der Waals surface area contributed by atoms with Crippen LogP contribution in [0.25, 0.3) is 0 Å². The Morgan fingerprint density at radius 3 is 2.32 bits per heavy atom. The minimum Gasteiger partial charge on any atom is -0.390 e. The van der Waals surface area contributed by atoms with Crippen LogP contribution in [0.15, 0.2) is 11.6 Å². The Bertz CT molecular complexity index is 979. The largest absolute Gasteiger partial charge is 0.390 e. The maximum absolute atomic E-state index is 13.6. The molecule has 4 N–H and O–H groups in total. The number of carbonyl (C=O) groups excluding carboxylic acids is 1. The van der Waals surface area contributed by atoms with Crippen LogP contribution in [-0.4, -0.2) is 67.1 Å². The SMILES string of the molecule is CC(C)(O)CCC(O)C(C)(O)C1CCC2(O)C3=CC(=O)C4CC5OC(C)(C)OC5CC4(C)C3CCC12C. The molecule has 4 aliphatic carbocycles. The van der Waals surface area contributed by atoms with Crippen LogP contribution in [0, 0.1) is 28.6 Å². The maximum Gasteiger partial charge on any atom is 0.163 e. The van der Waals surface area contributed by atoms with Gasteiger partial charge < -0.3 is 29.9 Å². The summed E-state index contributed by atoms with van der Waals surface area (Å²) in [5.41, 5.74) is -3.75. The Hall–Kier alpha value is -0.830. The highest BCUT2D eigenvalue weighted by molar-refractivity contribution is 5.95. The number of carbonyl (C=O) groups is 1. The van der Waals surface area contributed by atoms with Gasteiger partial charge in [0.15, 0.2) is 11.6 Å². The molecule has 0 aromatic carbocycles. The van der Waals surface area contributed by atoms with Crippen molar-refractivity contribution >= 4 is 5.78 Å². The van der Waals surface area contributed by atoms with E-state index in [1.54, 1.807) is 26.8 Å². The van der Waals surface area contributed by atoms with Crippen LogP contribution in [0.3, 0.4) is 0 Å². The van der Waals surface area contributed by atoms with E-state index >= 15 is 0 Å². The molecule has 1 aliphatic heterocycles. The molecule has 0 spiro atoms. The monoisotopic (exact) mass is 520 g/mol. The van der Waals surface area contributed by atoms with Gasteiger partial charge in [0.2, 0.25) is 0 Å². The average molecular weight is 521 g/mol. The lowest BCUT2D eigenvalue weighted by molar-refractivity contribution is -0.174. The first-order valence-corrected chi connectivity index (χ1v) is 14.3. The van der Waals surface area contributed by atoms with Crippen molar-refractivity contribution in [2.75, 3.05) is 0 Å². The zero-order valence-corrected chi connectivity index (χ0v) is 23.7. The summed E-state index contributed by atoms with van der Waals surface area (Å²) in [5, 5.41) is 45.3. The number of ketones is 1. The van der Waals surface area contributed by atoms with Gasteiger partial charge in [0.05, 0.1) is 35.1 Å². The number of aliphatic hydroxyl groups excluding tert-OH is 1. The summed E-state index contributed by atoms with van der Waals surface area (Å²) < 4.78 is 12.4. The van der Waals surface area contributed by atoms with Crippen LogP contribution in [-0.2, 0) is 14.3 Å². The molecule has 7 nitrogen and oxygen atoms in total. The van der Waals surface area contributed by atoms with Crippen LogP contribution >= 0.6 is 0 Å². The van der Waals surface area contributed by atoms with Crippen molar-refractivity contribution in [3.63, 3.8) is 0 Å². The summed E-state index contributed by atoms with van der Waals surface area (Å²) in [6.45, 7) is 13.2. The smallest absolute Gasteiger partial charge is 0.163 e. The van der Waals surface area contributed by atoms with Gasteiger partial charge in [-0.2, -0.15) is 0 Å². The van der Waals surface area contributed by atoms with E-state index in [-0.39, 0.29) is 47.6 Å². The van der Waals surface area contributed by atoms with Crippen LogP contribution in [0.2, 0.25) is 0 Å². The van der Waals surface area contributed by atoms with E-state index in [0.717, 1.165) is 18.4 Å². The molecule has 37 heavy (non-hydrogen) atoms. The van der Waals surface area contributed by atoms with Crippen LogP contribution in [0.1, 0.15) is 99.8 Å². The van der Waals surface area contributed by atoms with Gasteiger partial charge in [-0.3, -0.25) is 4.79 Å². The van der Waals surface area contributed by atoms with Crippen molar-refractivity contribution in [3.05, 3.63) is 11.6 Å². The number of allylic oxidation sites excluding steroid dienone is 1. The molecule has 5 aliphatic rings. The second-order valence-electron chi connectivity index (χ2n) is 14.8. The second-order valence-corrected chi connectivity index (χ2v) is 14.8. The fourth-order valence-corrected chi connectivity index (χ4v) is 9.28. The average Bonchev–Trinajstić information content (AvgIpc) is 3.21.